The Hall–Kier alpha value is -1.00. The van der Waals surface area contributed by atoms with Crippen LogP contribution in [0.5, 0.6) is 0 Å². The van der Waals surface area contributed by atoms with Gasteiger partial charge in [0, 0.05) is 11.4 Å². The fourth-order valence-corrected chi connectivity index (χ4v) is 3.39. The maximum absolute atomic E-state index is 12.3. The minimum Gasteiger partial charge on any atom is -0.321 e. The molecular formula is C16H22N2OS. The number of thioether (sulfide) groups is 1. The van der Waals surface area contributed by atoms with E-state index in [0.29, 0.717) is 5.92 Å². The van der Waals surface area contributed by atoms with Crippen molar-refractivity contribution in [3.05, 3.63) is 29.8 Å². The highest BCUT2D eigenvalue weighted by Crippen LogP contribution is 2.33. The van der Waals surface area contributed by atoms with E-state index >= 15 is 0 Å². The molecule has 1 N–H and O–H groups in total. The van der Waals surface area contributed by atoms with E-state index in [0.717, 1.165) is 6.54 Å². The highest BCUT2D eigenvalue weighted by atomic mass is 32.2. The first-order chi connectivity index (χ1) is 9.69. The predicted molar refractivity (Wildman–Crippen MR) is 82.6 cm³/mol. The number of carbonyl (C=O) groups excluding carboxylic acids is 1. The molecule has 1 aromatic carbocycles. The highest BCUT2D eigenvalue weighted by Gasteiger charge is 2.38. The van der Waals surface area contributed by atoms with Crippen molar-refractivity contribution in [2.75, 3.05) is 12.8 Å². The SMILES string of the molecule is CSc1ccc(C2NC(C)C(=O)N2CC2CCC2)cc1. The number of nitrogens with one attached hydrogen (secondary N) is 1. The smallest absolute Gasteiger partial charge is 0.241 e. The summed E-state index contributed by atoms with van der Waals surface area (Å²) in [6, 6.07) is 8.48. The summed E-state index contributed by atoms with van der Waals surface area (Å²) in [5.74, 6) is 0.954. The monoisotopic (exact) mass is 290 g/mol. The Morgan fingerprint density at radius 2 is 2.00 bits per heavy atom. The summed E-state index contributed by atoms with van der Waals surface area (Å²) in [5, 5.41) is 3.43. The van der Waals surface area contributed by atoms with Gasteiger partial charge in [0.1, 0.15) is 6.17 Å². The highest BCUT2D eigenvalue weighted by molar-refractivity contribution is 7.98. The van der Waals surface area contributed by atoms with Gasteiger partial charge in [-0.2, -0.15) is 0 Å². The van der Waals surface area contributed by atoms with Crippen molar-refractivity contribution < 1.29 is 4.79 Å². The first kappa shape index (κ1) is 14.0. The van der Waals surface area contributed by atoms with Gasteiger partial charge in [-0.05, 0) is 49.6 Å². The van der Waals surface area contributed by atoms with Gasteiger partial charge < -0.3 is 4.90 Å². The number of amides is 1. The van der Waals surface area contributed by atoms with Crippen molar-refractivity contribution in [3.8, 4) is 0 Å². The second-order valence-electron chi connectivity index (χ2n) is 5.85. The van der Waals surface area contributed by atoms with E-state index in [-0.39, 0.29) is 18.1 Å². The Bertz CT molecular complexity index is 484. The molecule has 0 spiro atoms. The molecule has 1 amide bonds. The molecule has 1 aliphatic carbocycles. The van der Waals surface area contributed by atoms with E-state index < -0.39 is 0 Å². The van der Waals surface area contributed by atoms with E-state index in [1.807, 2.05) is 11.8 Å². The third-order valence-electron chi connectivity index (χ3n) is 4.48. The minimum atomic E-state index is -0.0692. The van der Waals surface area contributed by atoms with Crippen LogP contribution < -0.4 is 5.32 Å². The first-order valence-corrected chi connectivity index (χ1v) is 8.62. The average molecular weight is 290 g/mol. The van der Waals surface area contributed by atoms with Crippen LogP contribution in [-0.2, 0) is 4.79 Å². The molecule has 1 saturated carbocycles. The van der Waals surface area contributed by atoms with E-state index in [1.54, 1.807) is 11.8 Å². The van der Waals surface area contributed by atoms with Gasteiger partial charge in [-0.25, -0.2) is 0 Å². The number of benzene rings is 1. The molecule has 0 bridgehead atoms. The van der Waals surface area contributed by atoms with Crippen molar-refractivity contribution in [2.24, 2.45) is 5.92 Å². The summed E-state index contributed by atoms with van der Waals surface area (Å²) in [4.78, 5) is 15.7. The van der Waals surface area contributed by atoms with Crippen molar-refractivity contribution in [2.45, 2.75) is 43.3 Å². The first-order valence-electron chi connectivity index (χ1n) is 7.39. The number of hydrogen-bond acceptors (Lipinski definition) is 3. The van der Waals surface area contributed by atoms with E-state index in [2.05, 4.69) is 35.8 Å². The van der Waals surface area contributed by atoms with Crippen LogP contribution in [0.4, 0.5) is 0 Å². The molecule has 1 heterocycles. The Kier molecular flexibility index (Phi) is 4.03. The van der Waals surface area contributed by atoms with Gasteiger partial charge in [0.05, 0.1) is 6.04 Å². The topological polar surface area (TPSA) is 32.3 Å². The van der Waals surface area contributed by atoms with Gasteiger partial charge >= 0.3 is 0 Å². The van der Waals surface area contributed by atoms with E-state index in [1.165, 1.54) is 29.7 Å². The molecule has 2 atom stereocenters. The number of hydrogen-bond donors (Lipinski definition) is 1. The van der Waals surface area contributed by atoms with Crippen molar-refractivity contribution >= 4 is 17.7 Å². The molecule has 2 aliphatic rings. The van der Waals surface area contributed by atoms with Crippen LogP contribution in [0.2, 0.25) is 0 Å². The largest absolute Gasteiger partial charge is 0.321 e. The molecule has 4 heteroatoms. The average Bonchev–Trinajstić information content (AvgIpc) is 2.70. The molecule has 1 aromatic rings. The molecule has 2 unspecified atom stereocenters. The maximum atomic E-state index is 12.3. The van der Waals surface area contributed by atoms with Gasteiger partial charge in [-0.15, -0.1) is 11.8 Å². The Labute approximate surface area is 125 Å². The van der Waals surface area contributed by atoms with E-state index in [4.69, 9.17) is 0 Å². The summed E-state index contributed by atoms with van der Waals surface area (Å²) in [7, 11) is 0. The van der Waals surface area contributed by atoms with Gasteiger partial charge in [-0.3, -0.25) is 10.1 Å². The molecule has 2 fully saturated rings. The lowest BCUT2D eigenvalue weighted by molar-refractivity contribution is -0.130. The fraction of sp³-hybridized carbons (Fsp3) is 0.562. The lowest BCUT2D eigenvalue weighted by Crippen LogP contribution is -2.37. The molecule has 0 radical (unpaired) electrons. The second-order valence-corrected chi connectivity index (χ2v) is 6.73. The van der Waals surface area contributed by atoms with Crippen LogP contribution in [0.15, 0.2) is 29.2 Å². The fourth-order valence-electron chi connectivity index (χ4n) is 2.99. The standard InChI is InChI=1S/C16H22N2OS/c1-11-16(19)18(10-12-4-3-5-12)15(17-11)13-6-8-14(20-2)9-7-13/h6-9,11-12,15,17H,3-5,10H2,1-2H3. The molecule has 3 nitrogen and oxygen atoms in total. The van der Waals surface area contributed by atoms with Crippen LogP contribution in [0.25, 0.3) is 0 Å². The van der Waals surface area contributed by atoms with E-state index in [9.17, 15) is 4.79 Å². The van der Waals surface area contributed by atoms with Gasteiger partial charge in [0.2, 0.25) is 5.91 Å². The van der Waals surface area contributed by atoms with Crippen molar-refractivity contribution in [3.63, 3.8) is 0 Å². The maximum Gasteiger partial charge on any atom is 0.241 e. The van der Waals surface area contributed by atoms with Crippen LogP contribution in [0.3, 0.4) is 0 Å². The van der Waals surface area contributed by atoms with Crippen molar-refractivity contribution in [1.29, 1.82) is 0 Å². The number of rotatable bonds is 4. The molecule has 1 aliphatic heterocycles. The third kappa shape index (κ3) is 2.59. The minimum absolute atomic E-state index is 0.0500. The van der Waals surface area contributed by atoms with Gasteiger partial charge in [0.25, 0.3) is 0 Å². The summed E-state index contributed by atoms with van der Waals surface area (Å²) < 4.78 is 0. The number of nitrogens with zero attached hydrogens (tertiary/aromatic N) is 1. The molecular weight excluding hydrogens is 268 g/mol. The van der Waals surface area contributed by atoms with Crippen LogP contribution >= 0.6 is 11.8 Å². The summed E-state index contributed by atoms with van der Waals surface area (Å²) in [5.41, 5.74) is 1.19. The number of carbonyl (C=O) groups is 1. The van der Waals surface area contributed by atoms with Crippen LogP contribution in [0.1, 0.15) is 37.9 Å². The van der Waals surface area contributed by atoms with Crippen LogP contribution in [0, 0.1) is 5.92 Å². The molecule has 0 aromatic heterocycles. The summed E-state index contributed by atoms with van der Waals surface area (Å²) in [6.45, 7) is 2.87. The lowest BCUT2D eigenvalue weighted by Gasteiger charge is -2.33. The molecule has 20 heavy (non-hydrogen) atoms. The normalized spacial score (nSPS) is 26.9. The summed E-state index contributed by atoms with van der Waals surface area (Å²) >= 11 is 1.74. The van der Waals surface area contributed by atoms with Crippen molar-refractivity contribution in [1.82, 2.24) is 10.2 Å². The molecule has 1 saturated heterocycles. The summed E-state index contributed by atoms with van der Waals surface area (Å²) in [6.07, 6.45) is 6.00. The predicted octanol–water partition coefficient (Wildman–Crippen LogP) is 3.03. The lowest BCUT2D eigenvalue weighted by atomic mass is 9.85. The van der Waals surface area contributed by atoms with Gasteiger partial charge in [0.15, 0.2) is 0 Å². The van der Waals surface area contributed by atoms with Crippen LogP contribution in [-0.4, -0.2) is 29.6 Å². The molecule has 3 rings (SSSR count). The Morgan fingerprint density at radius 1 is 1.30 bits per heavy atom. The Balaban J connectivity index is 1.79. The quantitative estimate of drug-likeness (QED) is 0.865. The second kappa shape index (κ2) is 5.78. The zero-order chi connectivity index (χ0) is 14.1. The third-order valence-corrected chi connectivity index (χ3v) is 5.23. The Morgan fingerprint density at radius 3 is 2.55 bits per heavy atom. The zero-order valence-electron chi connectivity index (χ0n) is 12.1. The van der Waals surface area contributed by atoms with Gasteiger partial charge in [-0.1, -0.05) is 18.6 Å². The molecule has 108 valence electrons. The zero-order valence-corrected chi connectivity index (χ0v) is 13.0.